The summed E-state index contributed by atoms with van der Waals surface area (Å²) in [5.74, 6) is 0.163. The Morgan fingerprint density at radius 1 is 1.28 bits per heavy atom. The lowest BCUT2D eigenvalue weighted by molar-refractivity contribution is -0.131. The van der Waals surface area contributed by atoms with Crippen LogP contribution in [0.5, 0.6) is 11.6 Å². The second-order valence-corrected chi connectivity index (χ2v) is 7.29. The van der Waals surface area contributed by atoms with Crippen LogP contribution in [0.1, 0.15) is 32.3 Å². The van der Waals surface area contributed by atoms with Crippen LogP contribution in [-0.2, 0) is 9.63 Å². The molecule has 1 amide bonds. The molecule has 1 aromatic carbocycles. The largest absolute Gasteiger partial charge is 0.475 e. The molecule has 3 rings (SSSR count). The molecule has 0 bridgehead atoms. The van der Waals surface area contributed by atoms with Gasteiger partial charge in [-0.15, -0.1) is 0 Å². The third-order valence-corrected chi connectivity index (χ3v) is 4.42. The minimum atomic E-state index is -1.63. The van der Waals surface area contributed by atoms with Crippen LogP contribution in [0.4, 0.5) is 0 Å². The Hall–Kier alpha value is -2.91. The minimum absolute atomic E-state index is 0.199. The first-order valence-corrected chi connectivity index (χ1v) is 9.51. The molecule has 1 aliphatic rings. The Kier molecular flexibility index (Phi) is 6.84. The van der Waals surface area contributed by atoms with Gasteiger partial charge < -0.3 is 24.9 Å². The number of rotatable bonds is 8. The molecule has 2 heterocycles. The van der Waals surface area contributed by atoms with Crippen molar-refractivity contribution in [2.75, 3.05) is 0 Å². The highest BCUT2D eigenvalue weighted by Crippen LogP contribution is 2.22. The van der Waals surface area contributed by atoms with Gasteiger partial charge >= 0.3 is 7.12 Å². The van der Waals surface area contributed by atoms with Crippen molar-refractivity contribution in [3.63, 3.8) is 0 Å². The van der Waals surface area contributed by atoms with E-state index < -0.39 is 25.1 Å². The van der Waals surface area contributed by atoms with Crippen LogP contribution < -0.4 is 10.1 Å². The number of hydrogen-bond acceptors (Lipinski definition) is 7. The van der Waals surface area contributed by atoms with Crippen LogP contribution in [0, 0.1) is 5.92 Å². The average molecular weight is 397 g/mol. The third-order valence-electron chi connectivity index (χ3n) is 4.42. The molecule has 0 spiro atoms. The average Bonchev–Trinajstić information content (AvgIpc) is 3.19. The summed E-state index contributed by atoms with van der Waals surface area (Å²) < 4.78 is 5.66. The number of ether oxygens (including phenoxy) is 1. The van der Waals surface area contributed by atoms with E-state index in [1.54, 1.807) is 24.4 Å². The fourth-order valence-electron chi connectivity index (χ4n) is 2.97. The van der Waals surface area contributed by atoms with Gasteiger partial charge in [0.15, 0.2) is 0 Å². The highest BCUT2D eigenvalue weighted by atomic mass is 16.6. The van der Waals surface area contributed by atoms with Gasteiger partial charge in [0, 0.05) is 18.7 Å². The predicted octanol–water partition coefficient (Wildman–Crippen LogP) is 1.91. The van der Waals surface area contributed by atoms with Gasteiger partial charge in [-0.25, -0.2) is 4.98 Å². The van der Waals surface area contributed by atoms with Crippen molar-refractivity contribution in [2.45, 2.75) is 38.7 Å². The van der Waals surface area contributed by atoms with E-state index in [9.17, 15) is 14.8 Å². The van der Waals surface area contributed by atoms with E-state index >= 15 is 0 Å². The molecule has 152 valence electrons. The number of amides is 1. The van der Waals surface area contributed by atoms with Crippen molar-refractivity contribution < 1.29 is 24.4 Å². The van der Waals surface area contributed by atoms with E-state index in [2.05, 4.69) is 15.5 Å². The first-order chi connectivity index (χ1) is 13.9. The Balaban J connectivity index is 1.56. The highest BCUT2D eigenvalue weighted by molar-refractivity contribution is 6.43. The molecule has 0 radical (unpaired) electrons. The Morgan fingerprint density at radius 2 is 2.03 bits per heavy atom. The molecule has 0 fully saturated rings. The number of hydrogen-bond donors (Lipinski definition) is 3. The molecule has 2 aromatic rings. The summed E-state index contributed by atoms with van der Waals surface area (Å²) in [5.41, 5.74) is 1.45. The Morgan fingerprint density at radius 3 is 2.66 bits per heavy atom. The number of oxime groups is 1. The lowest BCUT2D eigenvalue weighted by Crippen LogP contribution is -2.50. The van der Waals surface area contributed by atoms with E-state index in [0.29, 0.717) is 30.2 Å². The second-order valence-electron chi connectivity index (χ2n) is 7.29. The van der Waals surface area contributed by atoms with Crippen LogP contribution in [0.2, 0.25) is 0 Å². The first-order valence-electron chi connectivity index (χ1n) is 9.51. The summed E-state index contributed by atoms with van der Waals surface area (Å²) in [7, 11) is -1.63. The second kappa shape index (κ2) is 9.53. The van der Waals surface area contributed by atoms with E-state index in [0.717, 1.165) is 5.56 Å². The van der Waals surface area contributed by atoms with E-state index in [4.69, 9.17) is 9.57 Å². The lowest BCUT2D eigenvalue weighted by Gasteiger charge is -2.20. The Labute approximate surface area is 169 Å². The molecular weight excluding hydrogens is 373 g/mol. The van der Waals surface area contributed by atoms with Gasteiger partial charge in [-0.2, -0.15) is 0 Å². The van der Waals surface area contributed by atoms with Crippen molar-refractivity contribution in [2.24, 2.45) is 11.1 Å². The number of carbonyl (C=O) groups is 1. The number of benzene rings is 1. The minimum Gasteiger partial charge on any atom is -0.439 e. The number of carbonyl (C=O) groups excluding carboxylic acids is 1. The van der Waals surface area contributed by atoms with Crippen molar-refractivity contribution >= 4 is 18.7 Å². The molecule has 0 aliphatic carbocycles. The fourth-order valence-corrected chi connectivity index (χ4v) is 2.97. The Bertz CT molecular complexity index is 843. The van der Waals surface area contributed by atoms with Gasteiger partial charge in [0.2, 0.25) is 12.0 Å². The lowest BCUT2D eigenvalue weighted by atomic mass is 9.75. The van der Waals surface area contributed by atoms with E-state index in [1.165, 1.54) is 0 Å². The van der Waals surface area contributed by atoms with Gasteiger partial charge in [0.25, 0.3) is 5.91 Å². The number of aromatic nitrogens is 1. The number of pyridine rings is 1. The maximum Gasteiger partial charge on any atom is 0.475 e. The highest BCUT2D eigenvalue weighted by Gasteiger charge is 2.33. The summed E-state index contributed by atoms with van der Waals surface area (Å²) in [6.07, 6.45) is 1.59. The maximum absolute atomic E-state index is 12.4. The fraction of sp³-hybridized carbons (Fsp3) is 0.350. The normalized spacial score (nSPS) is 16.7. The van der Waals surface area contributed by atoms with Crippen LogP contribution >= 0.6 is 0 Å². The molecular formula is C20H24BN3O5. The van der Waals surface area contributed by atoms with Crippen LogP contribution in [-0.4, -0.2) is 45.8 Å². The monoisotopic (exact) mass is 397 g/mol. The van der Waals surface area contributed by atoms with Gasteiger partial charge in [-0.1, -0.05) is 25.1 Å². The molecule has 1 unspecified atom stereocenters. The van der Waals surface area contributed by atoms with E-state index in [1.807, 2.05) is 38.1 Å². The van der Waals surface area contributed by atoms with E-state index in [-0.39, 0.29) is 5.92 Å². The summed E-state index contributed by atoms with van der Waals surface area (Å²) in [5, 5.41) is 25.6. The van der Waals surface area contributed by atoms with Crippen molar-refractivity contribution in [1.82, 2.24) is 10.3 Å². The predicted molar refractivity (Wildman–Crippen MR) is 108 cm³/mol. The summed E-state index contributed by atoms with van der Waals surface area (Å²) >= 11 is 0. The van der Waals surface area contributed by atoms with Gasteiger partial charge in [-0.05, 0) is 48.2 Å². The number of nitrogens with zero attached hydrogens (tertiary/aromatic N) is 2. The zero-order chi connectivity index (χ0) is 20.8. The zero-order valence-corrected chi connectivity index (χ0v) is 16.4. The number of nitrogens with one attached hydrogen (secondary N) is 1. The standard InChI is InChI=1S/C20H24BN3O5/c1-13(2)11-18(21(26)27)23-20(25)17-12-16(24-29-17)14-6-8-15(9-7-14)28-19-5-3-4-10-22-19/h3-10,13,17-18,26-27H,11-12H2,1-2H3,(H,23,25)/t17?,18-/m0/s1. The third kappa shape index (κ3) is 5.79. The quantitative estimate of drug-likeness (QED) is 0.587. The molecule has 1 aromatic heterocycles. The van der Waals surface area contributed by atoms with Crippen molar-refractivity contribution in [3.8, 4) is 11.6 Å². The van der Waals surface area contributed by atoms with Crippen molar-refractivity contribution in [3.05, 3.63) is 54.2 Å². The molecule has 9 heteroatoms. The van der Waals surface area contributed by atoms with Gasteiger partial charge in [0.1, 0.15) is 5.75 Å². The molecule has 8 nitrogen and oxygen atoms in total. The molecule has 3 N–H and O–H groups in total. The SMILES string of the molecule is CC(C)C[C@H](NC(=O)C1CC(c2ccc(Oc3ccccn3)cc2)=NO1)B(O)O. The smallest absolute Gasteiger partial charge is 0.439 e. The van der Waals surface area contributed by atoms with Gasteiger partial charge in [0.05, 0.1) is 11.7 Å². The maximum atomic E-state index is 12.4. The molecule has 2 atom stereocenters. The van der Waals surface area contributed by atoms with Crippen molar-refractivity contribution in [1.29, 1.82) is 0 Å². The van der Waals surface area contributed by atoms with Gasteiger partial charge in [-0.3, -0.25) is 4.79 Å². The topological polar surface area (TPSA) is 113 Å². The molecule has 1 aliphatic heterocycles. The summed E-state index contributed by atoms with van der Waals surface area (Å²) in [6, 6.07) is 12.7. The zero-order valence-electron chi connectivity index (χ0n) is 16.4. The van der Waals surface area contributed by atoms with Crippen LogP contribution in [0.3, 0.4) is 0 Å². The van der Waals surface area contributed by atoms with Crippen LogP contribution in [0.25, 0.3) is 0 Å². The molecule has 0 saturated carbocycles. The summed E-state index contributed by atoms with van der Waals surface area (Å²) in [4.78, 5) is 21.8. The molecule has 0 saturated heterocycles. The molecule has 29 heavy (non-hydrogen) atoms. The van der Waals surface area contributed by atoms with Crippen LogP contribution in [0.15, 0.2) is 53.8 Å². The first kappa shape index (κ1) is 20.8. The summed E-state index contributed by atoms with van der Waals surface area (Å²) in [6.45, 7) is 3.88.